The molecule has 298 valence electrons. The van der Waals surface area contributed by atoms with Crippen molar-refractivity contribution < 1.29 is 24.2 Å². The van der Waals surface area contributed by atoms with Gasteiger partial charge in [-0.05, 0) is 84.5 Å². The molecule has 1 heterocycles. The number of nitrogen functional groups attached to an aromatic ring is 1. The molecule has 9 nitrogen and oxygen atoms in total. The van der Waals surface area contributed by atoms with E-state index in [1.165, 1.54) is 5.56 Å². The molecule has 1 aliphatic heterocycles. The van der Waals surface area contributed by atoms with Gasteiger partial charge in [-0.15, -0.1) is 0 Å². The first-order valence-corrected chi connectivity index (χ1v) is 20.1. The molecule has 5 N–H and O–H groups in total. The molecule has 0 saturated carbocycles. The molecule has 0 spiro atoms. The lowest BCUT2D eigenvalue weighted by Gasteiger charge is -2.39. The molecule has 1 saturated heterocycles. The first-order chi connectivity index (χ1) is 27.7. The number of carbonyl (C=O) groups is 2. The van der Waals surface area contributed by atoms with Crippen molar-refractivity contribution in [3.63, 3.8) is 0 Å². The number of aliphatic hydroxyl groups excluding tert-OH is 1. The average Bonchev–Trinajstić information content (AvgIpc) is 3.25. The minimum absolute atomic E-state index is 0.000345. The maximum absolute atomic E-state index is 12.7. The van der Waals surface area contributed by atoms with Crippen LogP contribution in [-0.4, -0.2) is 41.5 Å². The summed E-state index contributed by atoms with van der Waals surface area (Å²) in [4.78, 5) is 27.3. The molecule has 0 radical (unpaired) electrons. The van der Waals surface area contributed by atoms with Crippen molar-refractivity contribution in [2.24, 2.45) is 0 Å². The number of anilines is 2. The Kier molecular flexibility index (Phi) is 15.0. The van der Waals surface area contributed by atoms with Crippen molar-refractivity contribution >= 4 is 23.2 Å². The topological polar surface area (TPSA) is 126 Å². The maximum atomic E-state index is 12.7. The molecule has 0 aromatic heterocycles. The van der Waals surface area contributed by atoms with E-state index in [1.54, 1.807) is 12.1 Å². The Labute approximate surface area is 337 Å². The van der Waals surface area contributed by atoms with Crippen LogP contribution in [0, 0.1) is 0 Å². The summed E-state index contributed by atoms with van der Waals surface area (Å²) in [6.07, 6.45) is 4.06. The van der Waals surface area contributed by atoms with E-state index in [1.807, 2.05) is 60.7 Å². The standard InChI is InChI=1S/C48H56N4O5/c1-34(37-15-6-5-7-16-37)52(2)32-42-30-45(38-26-24-35(33-53)25-27-38)57-48(56-42)41-19-13-18-40(29-41)39-17-12-14-36(28-39)31-50-46(54)22-8-3-4-9-23-47(55)51-44-21-11-10-20-43(44)49/h5-7,10-21,24-29,34,42,45,48,53H,3-4,8-9,22-23,30-33,49H2,1-2H3,(H,50,54)(H,51,55). The third kappa shape index (κ3) is 12.1. The van der Waals surface area contributed by atoms with Gasteiger partial charge in [0.15, 0.2) is 6.29 Å². The zero-order valence-electron chi connectivity index (χ0n) is 33.1. The van der Waals surface area contributed by atoms with Crippen molar-refractivity contribution in [1.82, 2.24) is 10.2 Å². The van der Waals surface area contributed by atoms with Gasteiger partial charge in [0.2, 0.25) is 11.8 Å². The number of amides is 2. The summed E-state index contributed by atoms with van der Waals surface area (Å²) < 4.78 is 13.4. The van der Waals surface area contributed by atoms with Crippen LogP contribution in [0.2, 0.25) is 0 Å². The summed E-state index contributed by atoms with van der Waals surface area (Å²) in [6, 6.07) is 42.5. The molecule has 9 heteroatoms. The first kappa shape index (κ1) is 41.3. The van der Waals surface area contributed by atoms with Crippen molar-refractivity contribution in [2.45, 2.75) is 89.6 Å². The summed E-state index contributed by atoms with van der Waals surface area (Å²) in [5, 5.41) is 15.6. The number of benzene rings is 5. The number of hydrogen-bond donors (Lipinski definition) is 4. The second-order valence-electron chi connectivity index (χ2n) is 15.0. The van der Waals surface area contributed by atoms with Gasteiger partial charge in [-0.25, -0.2) is 0 Å². The Morgan fingerprint density at radius 3 is 2.18 bits per heavy atom. The molecule has 6 rings (SSSR count). The number of carbonyl (C=O) groups excluding carboxylic acids is 2. The Bertz CT molecular complexity index is 2040. The Morgan fingerprint density at radius 2 is 1.44 bits per heavy atom. The maximum Gasteiger partial charge on any atom is 0.224 e. The molecule has 57 heavy (non-hydrogen) atoms. The highest BCUT2D eigenvalue weighted by molar-refractivity contribution is 5.93. The number of nitrogens with one attached hydrogen (secondary N) is 2. The molecular weight excluding hydrogens is 713 g/mol. The highest BCUT2D eigenvalue weighted by atomic mass is 16.7. The summed E-state index contributed by atoms with van der Waals surface area (Å²) >= 11 is 0. The van der Waals surface area contributed by atoms with E-state index in [-0.39, 0.29) is 36.7 Å². The summed E-state index contributed by atoms with van der Waals surface area (Å²) in [5.41, 5.74) is 14.3. The zero-order chi connectivity index (χ0) is 40.0. The molecule has 5 aromatic carbocycles. The number of hydrogen-bond acceptors (Lipinski definition) is 7. The first-order valence-electron chi connectivity index (χ1n) is 20.1. The summed E-state index contributed by atoms with van der Waals surface area (Å²) in [6.45, 7) is 3.40. The number of nitrogens with zero attached hydrogens (tertiary/aromatic N) is 1. The van der Waals surface area contributed by atoms with Crippen LogP contribution in [0.25, 0.3) is 11.1 Å². The van der Waals surface area contributed by atoms with Crippen molar-refractivity contribution in [3.8, 4) is 11.1 Å². The Morgan fingerprint density at radius 1 is 0.754 bits per heavy atom. The van der Waals surface area contributed by atoms with Crippen LogP contribution < -0.4 is 16.4 Å². The lowest BCUT2D eigenvalue weighted by atomic mass is 9.98. The van der Waals surface area contributed by atoms with E-state index in [0.717, 1.165) is 65.6 Å². The van der Waals surface area contributed by atoms with Gasteiger partial charge in [-0.3, -0.25) is 14.5 Å². The molecule has 1 fully saturated rings. The van der Waals surface area contributed by atoms with Gasteiger partial charge in [0.1, 0.15) is 0 Å². The van der Waals surface area contributed by atoms with Crippen molar-refractivity contribution in [1.29, 1.82) is 0 Å². The number of para-hydroxylation sites is 2. The number of ether oxygens (including phenoxy) is 2. The molecule has 5 aromatic rings. The fourth-order valence-corrected chi connectivity index (χ4v) is 7.26. The fourth-order valence-electron chi connectivity index (χ4n) is 7.26. The SMILES string of the molecule is CC(c1ccccc1)N(C)CC1CC(c2ccc(CO)cc2)OC(c2cccc(-c3cccc(CNC(=O)CCCCCCC(=O)Nc4ccccc4N)c3)c2)O1. The molecule has 2 amide bonds. The lowest BCUT2D eigenvalue weighted by molar-refractivity contribution is -0.253. The largest absolute Gasteiger partial charge is 0.397 e. The van der Waals surface area contributed by atoms with Crippen molar-refractivity contribution in [2.75, 3.05) is 24.6 Å². The Balaban J connectivity index is 1.02. The van der Waals surface area contributed by atoms with Crippen molar-refractivity contribution in [3.05, 3.63) is 155 Å². The van der Waals surface area contributed by atoms with Gasteiger partial charge >= 0.3 is 0 Å². The highest BCUT2D eigenvalue weighted by Crippen LogP contribution is 2.39. The second kappa shape index (κ2) is 20.7. The lowest BCUT2D eigenvalue weighted by Crippen LogP contribution is -2.38. The minimum atomic E-state index is -0.570. The predicted octanol–water partition coefficient (Wildman–Crippen LogP) is 9.26. The van der Waals surface area contributed by atoms with Crippen LogP contribution in [-0.2, 0) is 32.2 Å². The molecule has 4 atom stereocenters. The van der Waals surface area contributed by atoms with E-state index in [9.17, 15) is 14.7 Å². The van der Waals surface area contributed by atoms with Gasteiger partial charge in [0, 0.05) is 44.0 Å². The monoisotopic (exact) mass is 768 g/mol. The van der Waals surface area contributed by atoms with E-state index in [2.05, 4.69) is 84.1 Å². The zero-order valence-corrected chi connectivity index (χ0v) is 33.1. The molecule has 0 aliphatic carbocycles. The molecule has 4 unspecified atom stereocenters. The van der Waals surface area contributed by atoms with Gasteiger partial charge in [-0.1, -0.05) is 116 Å². The van der Waals surface area contributed by atoms with Crippen LogP contribution in [0.3, 0.4) is 0 Å². The third-order valence-corrected chi connectivity index (χ3v) is 10.8. The smallest absolute Gasteiger partial charge is 0.224 e. The fraction of sp³-hybridized carbons (Fsp3) is 0.333. The number of unbranched alkanes of at least 4 members (excludes halogenated alkanes) is 3. The van der Waals surface area contributed by atoms with Crippen LogP contribution in [0.5, 0.6) is 0 Å². The van der Waals surface area contributed by atoms with Gasteiger partial charge < -0.3 is 30.9 Å². The number of rotatable bonds is 18. The minimum Gasteiger partial charge on any atom is -0.397 e. The van der Waals surface area contributed by atoms with Gasteiger partial charge in [-0.2, -0.15) is 0 Å². The van der Waals surface area contributed by atoms with E-state index >= 15 is 0 Å². The molecule has 1 aliphatic rings. The van der Waals surface area contributed by atoms with Crippen LogP contribution in [0.15, 0.2) is 127 Å². The molecule has 0 bridgehead atoms. The van der Waals surface area contributed by atoms with Gasteiger partial charge in [0.05, 0.1) is 30.2 Å². The van der Waals surface area contributed by atoms with E-state index in [0.29, 0.717) is 37.2 Å². The van der Waals surface area contributed by atoms with Crippen LogP contribution in [0.4, 0.5) is 11.4 Å². The Hall–Kier alpha value is -5.32. The number of likely N-dealkylation sites (N-methyl/N-ethyl adjacent to an activating group) is 1. The quantitative estimate of drug-likeness (QED) is 0.0517. The highest BCUT2D eigenvalue weighted by Gasteiger charge is 2.33. The van der Waals surface area contributed by atoms with Gasteiger partial charge in [0.25, 0.3) is 0 Å². The van der Waals surface area contributed by atoms with E-state index in [4.69, 9.17) is 15.2 Å². The normalized spacial score (nSPS) is 17.2. The molecular formula is C48H56N4O5. The second-order valence-corrected chi connectivity index (χ2v) is 15.0. The summed E-state index contributed by atoms with van der Waals surface area (Å²) in [7, 11) is 2.14. The number of aliphatic hydroxyl groups is 1. The summed E-state index contributed by atoms with van der Waals surface area (Å²) in [5.74, 6) is -0.0304. The number of nitrogens with two attached hydrogens (primary N) is 1. The van der Waals surface area contributed by atoms with E-state index < -0.39 is 6.29 Å². The average molecular weight is 769 g/mol. The van der Waals surface area contributed by atoms with Crippen LogP contribution >= 0.6 is 0 Å². The van der Waals surface area contributed by atoms with Crippen LogP contribution in [0.1, 0.15) is 98.1 Å². The predicted molar refractivity (Wildman–Crippen MR) is 227 cm³/mol. The third-order valence-electron chi connectivity index (χ3n) is 10.8.